The van der Waals surface area contributed by atoms with E-state index in [-0.39, 0.29) is 17.4 Å². The Kier molecular flexibility index (Phi) is 3.32. The molecule has 0 radical (unpaired) electrons. The number of amides is 1. The predicted octanol–water partition coefficient (Wildman–Crippen LogP) is 4.36. The minimum Gasteiger partial charge on any atom is -0.303 e. The first-order chi connectivity index (χ1) is 10.1. The number of β-lactam (4-membered cyclic amide) rings is 1. The molecular weight excluding hydrogens is 258 g/mol. The van der Waals surface area contributed by atoms with Crippen LogP contribution in [0.2, 0.25) is 0 Å². The first-order valence-electron chi connectivity index (χ1n) is 7.54. The van der Waals surface area contributed by atoms with Gasteiger partial charge < -0.3 is 4.90 Å². The molecule has 0 N–H and O–H groups in total. The number of para-hydroxylation sites is 1. The number of hydrogen-bond donors (Lipinski definition) is 0. The number of hydrogen-bond acceptors (Lipinski definition) is 1. The Hall–Kier alpha value is -2.09. The van der Waals surface area contributed by atoms with Crippen LogP contribution in [0.4, 0.5) is 5.69 Å². The van der Waals surface area contributed by atoms with Gasteiger partial charge in [0.15, 0.2) is 0 Å². The minimum absolute atomic E-state index is 0.110. The molecule has 0 bridgehead atoms. The molecule has 2 heteroatoms. The third-order valence-corrected chi connectivity index (χ3v) is 4.46. The van der Waals surface area contributed by atoms with Gasteiger partial charge in [-0.15, -0.1) is 0 Å². The van der Waals surface area contributed by atoms with Crippen LogP contribution in [-0.2, 0) is 11.2 Å². The van der Waals surface area contributed by atoms with E-state index in [4.69, 9.17) is 0 Å². The molecule has 21 heavy (non-hydrogen) atoms. The van der Waals surface area contributed by atoms with Gasteiger partial charge in [-0.3, -0.25) is 4.79 Å². The maximum absolute atomic E-state index is 12.7. The number of aryl methyl sites for hydroxylation is 1. The monoisotopic (exact) mass is 279 g/mol. The second kappa shape index (κ2) is 5.03. The summed E-state index contributed by atoms with van der Waals surface area (Å²) in [6, 6.07) is 18.6. The number of benzene rings is 2. The molecule has 0 aliphatic carbocycles. The van der Waals surface area contributed by atoms with Gasteiger partial charge in [0.05, 0.1) is 11.5 Å². The molecule has 1 aliphatic heterocycles. The van der Waals surface area contributed by atoms with E-state index in [1.807, 2.05) is 49.1 Å². The number of rotatable bonds is 3. The van der Waals surface area contributed by atoms with Crippen LogP contribution in [0.5, 0.6) is 0 Å². The lowest BCUT2D eigenvalue weighted by molar-refractivity contribution is -0.137. The zero-order chi connectivity index (χ0) is 15.0. The Balaban J connectivity index is 2.07. The van der Waals surface area contributed by atoms with Crippen molar-refractivity contribution in [2.45, 2.75) is 33.2 Å². The molecule has 1 atom stereocenters. The Morgan fingerprint density at radius 1 is 1.00 bits per heavy atom. The van der Waals surface area contributed by atoms with Crippen molar-refractivity contribution < 1.29 is 4.79 Å². The van der Waals surface area contributed by atoms with Crippen LogP contribution < -0.4 is 4.90 Å². The molecule has 0 saturated carbocycles. The fraction of sp³-hybridized carbons (Fsp3) is 0.316. The molecule has 108 valence electrons. The zero-order valence-corrected chi connectivity index (χ0v) is 12.8. The molecule has 1 amide bonds. The highest BCUT2D eigenvalue weighted by Crippen LogP contribution is 2.52. The average molecular weight is 279 g/mol. The first kappa shape index (κ1) is 13.9. The van der Waals surface area contributed by atoms with Crippen LogP contribution in [0.3, 0.4) is 0 Å². The van der Waals surface area contributed by atoms with Crippen molar-refractivity contribution in [2.75, 3.05) is 4.90 Å². The van der Waals surface area contributed by atoms with Gasteiger partial charge in [-0.2, -0.15) is 0 Å². The molecule has 2 nitrogen and oxygen atoms in total. The standard InChI is InChI=1S/C19H21NO/c1-4-14-10-8-9-13-16(14)20-17(19(2,3)18(20)21)15-11-6-5-7-12-15/h5-13,17H,4H2,1-3H3. The maximum atomic E-state index is 12.7. The van der Waals surface area contributed by atoms with E-state index < -0.39 is 0 Å². The van der Waals surface area contributed by atoms with Crippen molar-refractivity contribution in [3.63, 3.8) is 0 Å². The number of carbonyl (C=O) groups is 1. The maximum Gasteiger partial charge on any atom is 0.235 e. The third kappa shape index (κ3) is 2.06. The largest absolute Gasteiger partial charge is 0.303 e. The van der Waals surface area contributed by atoms with Gasteiger partial charge in [-0.25, -0.2) is 0 Å². The summed E-state index contributed by atoms with van der Waals surface area (Å²) in [7, 11) is 0. The molecule has 0 aromatic heterocycles. The van der Waals surface area contributed by atoms with Crippen LogP contribution in [0.15, 0.2) is 54.6 Å². The fourth-order valence-corrected chi connectivity index (χ4v) is 3.30. The molecular formula is C19H21NO. The van der Waals surface area contributed by atoms with Crippen molar-refractivity contribution in [1.29, 1.82) is 0 Å². The van der Waals surface area contributed by atoms with Crippen LogP contribution in [0.1, 0.15) is 37.9 Å². The summed E-state index contributed by atoms with van der Waals surface area (Å²) in [5.74, 6) is 0.206. The van der Waals surface area contributed by atoms with E-state index in [9.17, 15) is 4.79 Å². The normalized spacial score (nSPS) is 20.2. The SMILES string of the molecule is CCc1ccccc1N1C(=O)C(C)(C)C1c1ccccc1. The summed E-state index contributed by atoms with van der Waals surface area (Å²) in [5, 5.41) is 0. The highest BCUT2D eigenvalue weighted by molar-refractivity contribution is 6.06. The summed E-state index contributed by atoms with van der Waals surface area (Å²) >= 11 is 0. The lowest BCUT2D eigenvalue weighted by Gasteiger charge is -2.53. The van der Waals surface area contributed by atoms with Crippen molar-refractivity contribution in [3.05, 3.63) is 65.7 Å². The van der Waals surface area contributed by atoms with Crippen molar-refractivity contribution in [3.8, 4) is 0 Å². The van der Waals surface area contributed by atoms with E-state index in [0.717, 1.165) is 12.1 Å². The molecule has 1 aliphatic rings. The summed E-state index contributed by atoms with van der Waals surface area (Å²) in [6.45, 7) is 6.21. The topological polar surface area (TPSA) is 20.3 Å². The smallest absolute Gasteiger partial charge is 0.235 e. The highest BCUT2D eigenvalue weighted by atomic mass is 16.2. The zero-order valence-electron chi connectivity index (χ0n) is 12.8. The van der Waals surface area contributed by atoms with Gasteiger partial charge in [0.2, 0.25) is 5.91 Å². The molecule has 1 fully saturated rings. The van der Waals surface area contributed by atoms with Crippen LogP contribution in [0.25, 0.3) is 0 Å². The Morgan fingerprint density at radius 2 is 1.62 bits per heavy atom. The Labute approximate surface area is 126 Å². The van der Waals surface area contributed by atoms with Gasteiger partial charge in [-0.05, 0) is 37.5 Å². The molecule has 0 spiro atoms. The molecule has 1 unspecified atom stereocenters. The number of anilines is 1. The highest BCUT2D eigenvalue weighted by Gasteiger charge is 2.55. The van der Waals surface area contributed by atoms with Gasteiger partial charge >= 0.3 is 0 Å². The van der Waals surface area contributed by atoms with Crippen LogP contribution in [0, 0.1) is 5.41 Å². The van der Waals surface area contributed by atoms with E-state index in [0.29, 0.717) is 0 Å². The van der Waals surface area contributed by atoms with Crippen molar-refractivity contribution in [2.24, 2.45) is 5.41 Å². The van der Waals surface area contributed by atoms with E-state index in [2.05, 4.69) is 31.2 Å². The lowest BCUT2D eigenvalue weighted by Crippen LogP contribution is -2.61. The molecule has 1 saturated heterocycles. The van der Waals surface area contributed by atoms with Crippen molar-refractivity contribution in [1.82, 2.24) is 0 Å². The Bertz CT molecular complexity index is 660. The molecule has 1 heterocycles. The summed E-state index contributed by atoms with van der Waals surface area (Å²) in [4.78, 5) is 14.6. The quantitative estimate of drug-likeness (QED) is 0.764. The summed E-state index contributed by atoms with van der Waals surface area (Å²) < 4.78 is 0. The number of nitrogens with zero attached hydrogens (tertiary/aromatic N) is 1. The molecule has 3 rings (SSSR count). The Morgan fingerprint density at radius 3 is 2.29 bits per heavy atom. The average Bonchev–Trinajstić information content (AvgIpc) is 2.52. The number of carbonyl (C=O) groups excluding carboxylic acids is 1. The second-order valence-electron chi connectivity index (χ2n) is 6.19. The lowest BCUT2D eigenvalue weighted by atomic mass is 9.70. The summed E-state index contributed by atoms with van der Waals surface area (Å²) in [5.41, 5.74) is 3.14. The summed E-state index contributed by atoms with van der Waals surface area (Å²) in [6.07, 6.45) is 0.932. The van der Waals surface area contributed by atoms with E-state index in [1.54, 1.807) is 0 Å². The fourth-order valence-electron chi connectivity index (χ4n) is 3.30. The predicted molar refractivity (Wildman–Crippen MR) is 86.3 cm³/mol. The van der Waals surface area contributed by atoms with Gasteiger partial charge in [0.25, 0.3) is 0 Å². The van der Waals surface area contributed by atoms with Crippen LogP contribution in [-0.4, -0.2) is 5.91 Å². The minimum atomic E-state index is -0.345. The molecule has 2 aromatic carbocycles. The first-order valence-corrected chi connectivity index (χ1v) is 7.54. The van der Waals surface area contributed by atoms with Gasteiger partial charge in [-0.1, -0.05) is 55.5 Å². The van der Waals surface area contributed by atoms with Crippen molar-refractivity contribution >= 4 is 11.6 Å². The van der Waals surface area contributed by atoms with Gasteiger partial charge in [0, 0.05) is 5.69 Å². The van der Waals surface area contributed by atoms with Gasteiger partial charge in [0.1, 0.15) is 0 Å². The second-order valence-corrected chi connectivity index (χ2v) is 6.19. The van der Waals surface area contributed by atoms with Crippen LogP contribution >= 0.6 is 0 Å². The third-order valence-electron chi connectivity index (χ3n) is 4.46. The molecule has 2 aromatic rings. The van der Waals surface area contributed by atoms with E-state index in [1.165, 1.54) is 11.1 Å². The van der Waals surface area contributed by atoms with E-state index >= 15 is 0 Å².